The van der Waals surface area contributed by atoms with Crippen molar-refractivity contribution in [3.05, 3.63) is 35.9 Å². The van der Waals surface area contributed by atoms with Crippen molar-refractivity contribution in [3.8, 4) is 0 Å². The van der Waals surface area contributed by atoms with Crippen molar-refractivity contribution >= 4 is 23.6 Å². The molecule has 1 heterocycles. The smallest absolute Gasteiger partial charge is 0.327 e. The second kappa shape index (κ2) is 5.69. The largest absolute Gasteiger partial charge is 0.480 e. The summed E-state index contributed by atoms with van der Waals surface area (Å²) in [5.41, 5.74) is 0.498. The van der Waals surface area contributed by atoms with Crippen LogP contribution in [0, 0.1) is 5.92 Å². The van der Waals surface area contributed by atoms with Gasteiger partial charge < -0.3 is 15.1 Å². The van der Waals surface area contributed by atoms with Gasteiger partial charge in [-0.2, -0.15) is 0 Å². The molecule has 2 fully saturated rings. The monoisotopic (exact) mass is 307 g/mol. The highest BCUT2D eigenvalue weighted by Gasteiger charge is 2.49. The van der Waals surface area contributed by atoms with E-state index < -0.39 is 24.0 Å². The first kappa shape index (κ1) is 14.4. The Hall–Kier alpha value is -1.53. The van der Waals surface area contributed by atoms with Crippen LogP contribution in [0.2, 0.25) is 0 Å². The summed E-state index contributed by atoms with van der Waals surface area (Å²) in [5, 5.41) is 19.5. The van der Waals surface area contributed by atoms with Gasteiger partial charge in [-0.25, -0.2) is 4.79 Å². The Balaban J connectivity index is 1.84. The molecule has 2 aliphatic rings. The molecule has 2 N–H and O–H groups in total. The number of carboxylic acids is 1. The van der Waals surface area contributed by atoms with Crippen molar-refractivity contribution in [2.75, 3.05) is 5.75 Å². The summed E-state index contributed by atoms with van der Waals surface area (Å²) in [6.07, 6.45) is 0.748. The molecule has 1 aliphatic heterocycles. The molecule has 0 bridgehead atoms. The third-order valence-corrected chi connectivity index (χ3v) is 5.41. The minimum atomic E-state index is -1.30. The summed E-state index contributed by atoms with van der Waals surface area (Å²) < 4.78 is 0. The van der Waals surface area contributed by atoms with Crippen LogP contribution in [0.4, 0.5) is 0 Å². The molecule has 1 amide bonds. The molecule has 5 nitrogen and oxygen atoms in total. The lowest BCUT2D eigenvalue weighted by Crippen LogP contribution is -2.48. The van der Waals surface area contributed by atoms with Gasteiger partial charge in [0.2, 0.25) is 0 Å². The molecule has 1 saturated carbocycles. The fraction of sp³-hybridized carbons (Fsp3) is 0.467. The summed E-state index contributed by atoms with van der Waals surface area (Å²) >= 11 is 1.51. The molecule has 112 valence electrons. The Morgan fingerprint density at radius 1 is 1.24 bits per heavy atom. The quantitative estimate of drug-likeness (QED) is 0.881. The molecule has 0 aromatic heterocycles. The van der Waals surface area contributed by atoms with E-state index in [4.69, 9.17) is 0 Å². The number of carbonyl (C=O) groups is 2. The van der Waals surface area contributed by atoms with E-state index in [1.54, 1.807) is 30.3 Å². The normalized spacial score (nSPS) is 26.6. The van der Waals surface area contributed by atoms with Crippen molar-refractivity contribution in [1.29, 1.82) is 0 Å². The average molecular weight is 307 g/mol. The Morgan fingerprint density at radius 3 is 2.48 bits per heavy atom. The summed E-state index contributed by atoms with van der Waals surface area (Å²) in [6.45, 7) is 0. The summed E-state index contributed by atoms with van der Waals surface area (Å²) in [4.78, 5) is 25.4. The Kier molecular flexibility index (Phi) is 3.91. The molecule has 3 unspecified atom stereocenters. The predicted octanol–water partition coefficient (Wildman–Crippen LogP) is 1.48. The van der Waals surface area contributed by atoms with E-state index >= 15 is 0 Å². The number of hydrogen-bond acceptors (Lipinski definition) is 4. The van der Waals surface area contributed by atoms with E-state index in [2.05, 4.69) is 0 Å². The van der Waals surface area contributed by atoms with Gasteiger partial charge in [-0.15, -0.1) is 11.8 Å². The highest BCUT2D eigenvalue weighted by molar-refractivity contribution is 8.00. The molecule has 3 rings (SSSR count). The summed E-state index contributed by atoms with van der Waals surface area (Å²) in [6, 6.07) is 7.81. The number of nitrogens with zero attached hydrogens (tertiary/aromatic N) is 1. The maximum absolute atomic E-state index is 12.6. The maximum Gasteiger partial charge on any atom is 0.327 e. The average Bonchev–Trinajstić information content (AvgIpc) is 3.24. The number of aliphatic hydroxyl groups is 1. The number of carboxylic acid groups (broad SMARTS) is 1. The van der Waals surface area contributed by atoms with Gasteiger partial charge in [0, 0.05) is 5.75 Å². The van der Waals surface area contributed by atoms with Gasteiger partial charge in [0.1, 0.15) is 6.04 Å². The SMILES string of the molecule is O=C(O)C1CSC(C2CC2)N1C(=O)C(O)c1ccccc1. The van der Waals surface area contributed by atoms with Crippen molar-refractivity contribution in [2.45, 2.75) is 30.4 Å². The van der Waals surface area contributed by atoms with Crippen molar-refractivity contribution in [1.82, 2.24) is 4.90 Å². The highest BCUT2D eigenvalue weighted by atomic mass is 32.2. The van der Waals surface area contributed by atoms with Gasteiger partial charge in [0.05, 0.1) is 5.37 Å². The highest BCUT2D eigenvalue weighted by Crippen LogP contribution is 2.46. The second-order valence-electron chi connectivity index (χ2n) is 5.47. The first-order valence-corrected chi connectivity index (χ1v) is 8.04. The lowest BCUT2D eigenvalue weighted by Gasteiger charge is -2.29. The van der Waals surface area contributed by atoms with Gasteiger partial charge in [-0.3, -0.25) is 4.79 Å². The van der Waals surface area contributed by atoms with Gasteiger partial charge in [0.15, 0.2) is 6.10 Å². The molecule has 21 heavy (non-hydrogen) atoms. The number of aliphatic hydroxyl groups excluding tert-OH is 1. The van der Waals surface area contributed by atoms with E-state index in [0.717, 1.165) is 12.8 Å². The van der Waals surface area contributed by atoms with E-state index in [1.807, 2.05) is 0 Å². The van der Waals surface area contributed by atoms with Crippen LogP contribution in [-0.4, -0.2) is 44.2 Å². The molecule has 0 radical (unpaired) electrons. The standard InChI is InChI=1S/C15H17NO4S/c17-12(9-4-2-1-3-5-9)13(18)16-11(15(19)20)8-21-14(16)10-6-7-10/h1-5,10-12,14,17H,6-8H2,(H,19,20). The zero-order chi connectivity index (χ0) is 15.0. The molecule has 1 saturated heterocycles. The Labute approximate surface area is 126 Å². The molecule has 6 heteroatoms. The third-order valence-electron chi connectivity index (χ3n) is 3.95. The van der Waals surface area contributed by atoms with Crippen molar-refractivity contribution in [2.24, 2.45) is 5.92 Å². The van der Waals surface area contributed by atoms with Crippen molar-refractivity contribution < 1.29 is 19.8 Å². The predicted molar refractivity (Wildman–Crippen MR) is 78.6 cm³/mol. The van der Waals surface area contributed by atoms with E-state index in [0.29, 0.717) is 17.2 Å². The first-order valence-electron chi connectivity index (χ1n) is 6.99. The number of amides is 1. The fourth-order valence-corrected chi connectivity index (χ4v) is 4.30. The first-order chi connectivity index (χ1) is 10.1. The van der Waals surface area contributed by atoms with E-state index in [9.17, 15) is 19.8 Å². The third kappa shape index (κ3) is 2.78. The van der Waals surface area contributed by atoms with Crippen LogP contribution in [0.5, 0.6) is 0 Å². The molecule has 0 spiro atoms. The molecule has 1 aromatic carbocycles. The zero-order valence-electron chi connectivity index (χ0n) is 11.4. The van der Waals surface area contributed by atoms with Crippen LogP contribution < -0.4 is 0 Å². The van der Waals surface area contributed by atoms with Gasteiger partial charge in [-0.05, 0) is 24.3 Å². The van der Waals surface area contributed by atoms with E-state index in [1.165, 1.54) is 16.7 Å². The maximum atomic E-state index is 12.6. The minimum Gasteiger partial charge on any atom is -0.480 e. The summed E-state index contributed by atoms with van der Waals surface area (Å²) in [7, 11) is 0. The zero-order valence-corrected chi connectivity index (χ0v) is 12.2. The fourth-order valence-electron chi connectivity index (χ4n) is 2.66. The lowest BCUT2D eigenvalue weighted by molar-refractivity contribution is -0.153. The molecule has 1 aliphatic carbocycles. The topological polar surface area (TPSA) is 77.8 Å². The number of benzene rings is 1. The number of thioether (sulfide) groups is 1. The van der Waals surface area contributed by atoms with Gasteiger partial charge in [-0.1, -0.05) is 30.3 Å². The van der Waals surface area contributed by atoms with E-state index in [-0.39, 0.29) is 5.37 Å². The lowest BCUT2D eigenvalue weighted by atomic mass is 10.1. The molecular weight excluding hydrogens is 290 g/mol. The van der Waals surface area contributed by atoms with Crippen LogP contribution in [0.3, 0.4) is 0 Å². The van der Waals surface area contributed by atoms with Crippen molar-refractivity contribution in [3.63, 3.8) is 0 Å². The van der Waals surface area contributed by atoms with Crippen LogP contribution in [0.15, 0.2) is 30.3 Å². The second-order valence-corrected chi connectivity index (χ2v) is 6.62. The van der Waals surface area contributed by atoms with Gasteiger partial charge in [0.25, 0.3) is 5.91 Å². The van der Waals surface area contributed by atoms with Gasteiger partial charge >= 0.3 is 5.97 Å². The van der Waals surface area contributed by atoms with Crippen LogP contribution >= 0.6 is 11.8 Å². The van der Waals surface area contributed by atoms with Crippen LogP contribution in [-0.2, 0) is 9.59 Å². The number of carbonyl (C=O) groups excluding carboxylic acids is 1. The van der Waals surface area contributed by atoms with Crippen LogP contribution in [0.1, 0.15) is 24.5 Å². The summed E-state index contributed by atoms with van der Waals surface area (Å²) in [5.74, 6) is -0.745. The Morgan fingerprint density at radius 2 is 1.90 bits per heavy atom. The minimum absolute atomic E-state index is 0.114. The molecule has 3 atom stereocenters. The van der Waals surface area contributed by atoms with Crippen LogP contribution in [0.25, 0.3) is 0 Å². The number of aliphatic carboxylic acids is 1. The Bertz CT molecular complexity index is 546. The number of hydrogen-bond donors (Lipinski definition) is 2. The number of rotatable bonds is 4. The molecule has 1 aromatic rings. The molecular formula is C15H17NO4S.